The van der Waals surface area contributed by atoms with Gasteiger partial charge < -0.3 is 10.5 Å². The monoisotopic (exact) mass is 346 g/mol. The Morgan fingerprint density at radius 2 is 1.79 bits per heavy atom. The van der Waals surface area contributed by atoms with E-state index in [0.29, 0.717) is 18.4 Å². The predicted octanol–water partition coefficient (Wildman–Crippen LogP) is 3.43. The number of halogens is 1. The number of nitrogens with zero attached hydrogens (tertiary/aromatic N) is 1. The Balaban J connectivity index is 0.00000208. The molecule has 1 fully saturated rings. The molecule has 0 bridgehead atoms. The van der Waals surface area contributed by atoms with Gasteiger partial charge in [-0.3, -0.25) is 4.90 Å². The first kappa shape index (κ1) is 18.9. The summed E-state index contributed by atoms with van der Waals surface area (Å²) in [5, 5.41) is 0. The van der Waals surface area contributed by atoms with Crippen molar-refractivity contribution in [3.8, 4) is 0 Å². The molecule has 2 atom stereocenters. The minimum atomic E-state index is 0. The molecule has 2 aromatic rings. The van der Waals surface area contributed by atoms with Gasteiger partial charge in [0.15, 0.2) is 0 Å². The van der Waals surface area contributed by atoms with Crippen LogP contribution in [0.15, 0.2) is 54.6 Å². The van der Waals surface area contributed by atoms with Crippen LogP contribution in [0.3, 0.4) is 0 Å². The van der Waals surface area contributed by atoms with E-state index in [1.165, 1.54) is 16.7 Å². The molecule has 1 aliphatic rings. The molecule has 3 rings (SSSR count). The highest BCUT2D eigenvalue weighted by Gasteiger charge is 2.32. The van der Waals surface area contributed by atoms with E-state index in [-0.39, 0.29) is 12.4 Å². The normalized spacial score (nSPS) is 20.8. The maximum absolute atomic E-state index is 6.04. The van der Waals surface area contributed by atoms with E-state index in [4.69, 9.17) is 10.5 Å². The van der Waals surface area contributed by atoms with Crippen molar-refractivity contribution in [1.82, 2.24) is 4.90 Å². The van der Waals surface area contributed by atoms with Crippen LogP contribution in [0.4, 0.5) is 0 Å². The molecule has 24 heavy (non-hydrogen) atoms. The molecule has 4 heteroatoms. The van der Waals surface area contributed by atoms with Crippen LogP contribution in [0.1, 0.15) is 22.6 Å². The molecular formula is C20H27ClN2O. The van der Waals surface area contributed by atoms with E-state index in [1.807, 2.05) is 0 Å². The van der Waals surface area contributed by atoms with Gasteiger partial charge in [0.25, 0.3) is 0 Å². The lowest BCUT2D eigenvalue weighted by Gasteiger charge is -2.17. The van der Waals surface area contributed by atoms with Crippen LogP contribution in [0, 0.1) is 5.92 Å². The summed E-state index contributed by atoms with van der Waals surface area (Å²) < 4.78 is 5.23. The molecule has 1 heterocycles. The molecule has 0 spiro atoms. The van der Waals surface area contributed by atoms with Crippen LogP contribution in [0.25, 0.3) is 0 Å². The maximum Gasteiger partial charge on any atom is 0.0713 e. The van der Waals surface area contributed by atoms with Gasteiger partial charge in [0.05, 0.1) is 6.61 Å². The van der Waals surface area contributed by atoms with Crippen LogP contribution in [0.5, 0.6) is 0 Å². The van der Waals surface area contributed by atoms with Crippen LogP contribution >= 0.6 is 12.4 Å². The van der Waals surface area contributed by atoms with Crippen LogP contribution < -0.4 is 5.73 Å². The average Bonchev–Trinajstić information content (AvgIpc) is 2.99. The Morgan fingerprint density at radius 1 is 1.04 bits per heavy atom. The third-order valence-corrected chi connectivity index (χ3v) is 4.76. The van der Waals surface area contributed by atoms with Gasteiger partial charge in [-0.2, -0.15) is 0 Å². The number of rotatable bonds is 6. The molecular weight excluding hydrogens is 320 g/mol. The Hall–Kier alpha value is -1.39. The summed E-state index contributed by atoms with van der Waals surface area (Å²) in [6, 6.07) is 19.5. The molecule has 0 radical (unpaired) electrons. The van der Waals surface area contributed by atoms with Gasteiger partial charge in [0.2, 0.25) is 0 Å². The SMILES string of the molecule is COCc1cccc(CN2C[C@@H](CN)[C@H](c3ccccc3)C2)c1.Cl. The van der Waals surface area contributed by atoms with E-state index in [2.05, 4.69) is 59.5 Å². The fraction of sp³-hybridized carbons (Fsp3) is 0.400. The molecule has 0 saturated carbocycles. The predicted molar refractivity (Wildman–Crippen MR) is 101 cm³/mol. The lowest BCUT2D eigenvalue weighted by Crippen LogP contribution is -2.23. The van der Waals surface area contributed by atoms with E-state index in [1.54, 1.807) is 7.11 Å². The first-order chi connectivity index (χ1) is 11.3. The largest absolute Gasteiger partial charge is 0.380 e. The number of nitrogens with two attached hydrogens (primary N) is 1. The second kappa shape index (κ2) is 9.19. The number of benzene rings is 2. The van der Waals surface area contributed by atoms with E-state index >= 15 is 0 Å². The number of hydrogen-bond acceptors (Lipinski definition) is 3. The Morgan fingerprint density at radius 3 is 2.50 bits per heavy atom. The van der Waals surface area contributed by atoms with Crippen molar-refractivity contribution in [3.05, 3.63) is 71.3 Å². The molecule has 0 aliphatic carbocycles. The molecule has 1 aliphatic heterocycles. The van der Waals surface area contributed by atoms with Crippen LogP contribution in [-0.4, -0.2) is 31.6 Å². The van der Waals surface area contributed by atoms with Crippen molar-refractivity contribution in [3.63, 3.8) is 0 Å². The zero-order chi connectivity index (χ0) is 16.1. The molecule has 2 N–H and O–H groups in total. The lowest BCUT2D eigenvalue weighted by atomic mass is 9.89. The van der Waals surface area contributed by atoms with Gasteiger partial charge in [-0.15, -0.1) is 12.4 Å². The summed E-state index contributed by atoms with van der Waals surface area (Å²) in [5.41, 5.74) is 10.0. The zero-order valence-electron chi connectivity index (χ0n) is 14.2. The smallest absolute Gasteiger partial charge is 0.0713 e. The minimum Gasteiger partial charge on any atom is -0.380 e. The zero-order valence-corrected chi connectivity index (χ0v) is 15.0. The number of hydrogen-bond donors (Lipinski definition) is 1. The van der Waals surface area contributed by atoms with Crippen molar-refractivity contribution >= 4 is 12.4 Å². The van der Waals surface area contributed by atoms with E-state index < -0.39 is 0 Å². The molecule has 130 valence electrons. The molecule has 3 nitrogen and oxygen atoms in total. The quantitative estimate of drug-likeness (QED) is 0.870. The van der Waals surface area contributed by atoms with Crippen molar-refractivity contribution in [1.29, 1.82) is 0 Å². The molecule has 2 aromatic carbocycles. The standard InChI is InChI=1S/C20H26N2O.ClH/c1-23-15-17-7-5-6-16(10-17)12-22-13-19(11-21)20(14-22)18-8-3-2-4-9-18;/h2-10,19-20H,11-15,21H2,1H3;1H/t19-,20+;/m1./s1. The average molecular weight is 347 g/mol. The van der Waals surface area contributed by atoms with Crippen LogP contribution in [0.2, 0.25) is 0 Å². The summed E-state index contributed by atoms with van der Waals surface area (Å²) in [6.45, 7) is 4.56. The summed E-state index contributed by atoms with van der Waals surface area (Å²) in [4.78, 5) is 2.53. The topological polar surface area (TPSA) is 38.5 Å². The lowest BCUT2D eigenvalue weighted by molar-refractivity contribution is 0.184. The number of likely N-dealkylation sites (tertiary alicyclic amines) is 1. The third-order valence-electron chi connectivity index (χ3n) is 4.76. The molecule has 1 saturated heterocycles. The Kier molecular flexibility index (Phi) is 7.25. The second-order valence-corrected chi connectivity index (χ2v) is 6.46. The summed E-state index contributed by atoms with van der Waals surface area (Å²) in [5.74, 6) is 1.09. The highest BCUT2D eigenvalue weighted by atomic mass is 35.5. The Labute approximate surface area is 151 Å². The minimum absolute atomic E-state index is 0. The molecule has 0 amide bonds. The van der Waals surface area contributed by atoms with Gasteiger partial charge in [0, 0.05) is 32.7 Å². The van der Waals surface area contributed by atoms with Crippen molar-refractivity contribution in [2.45, 2.75) is 19.1 Å². The molecule has 0 aromatic heterocycles. The van der Waals surface area contributed by atoms with E-state index in [9.17, 15) is 0 Å². The fourth-order valence-corrected chi connectivity index (χ4v) is 3.65. The van der Waals surface area contributed by atoms with Crippen LogP contribution in [-0.2, 0) is 17.9 Å². The first-order valence-electron chi connectivity index (χ1n) is 8.34. The summed E-state index contributed by atoms with van der Waals surface area (Å²) in [7, 11) is 1.74. The van der Waals surface area contributed by atoms with Crippen molar-refractivity contribution in [2.75, 3.05) is 26.7 Å². The third kappa shape index (κ3) is 4.58. The highest BCUT2D eigenvalue weighted by Crippen LogP contribution is 2.32. The fourth-order valence-electron chi connectivity index (χ4n) is 3.65. The van der Waals surface area contributed by atoms with Gasteiger partial charge in [0.1, 0.15) is 0 Å². The van der Waals surface area contributed by atoms with Crippen molar-refractivity contribution in [2.24, 2.45) is 11.7 Å². The summed E-state index contributed by atoms with van der Waals surface area (Å²) >= 11 is 0. The van der Waals surface area contributed by atoms with Gasteiger partial charge >= 0.3 is 0 Å². The number of methoxy groups -OCH3 is 1. The van der Waals surface area contributed by atoms with E-state index in [0.717, 1.165) is 26.2 Å². The van der Waals surface area contributed by atoms with Crippen molar-refractivity contribution < 1.29 is 4.74 Å². The number of ether oxygens (including phenoxy) is 1. The molecule has 0 unspecified atom stereocenters. The maximum atomic E-state index is 6.04. The second-order valence-electron chi connectivity index (χ2n) is 6.46. The Bertz CT molecular complexity index is 620. The van der Waals surface area contributed by atoms with Gasteiger partial charge in [-0.05, 0) is 29.2 Å². The summed E-state index contributed by atoms with van der Waals surface area (Å²) in [6.07, 6.45) is 0. The van der Waals surface area contributed by atoms with Gasteiger partial charge in [-0.25, -0.2) is 0 Å². The highest BCUT2D eigenvalue weighted by molar-refractivity contribution is 5.85. The first-order valence-corrected chi connectivity index (χ1v) is 8.34. The van der Waals surface area contributed by atoms with Gasteiger partial charge in [-0.1, -0.05) is 54.6 Å².